The first kappa shape index (κ1) is 15.2. The van der Waals surface area contributed by atoms with Gasteiger partial charge < -0.3 is 10.6 Å². The van der Waals surface area contributed by atoms with Crippen molar-refractivity contribution in [1.29, 1.82) is 0 Å². The lowest BCUT2D eigenvalue weighted by Crippen LogP contribution is -2.39. The van der Waals surface area contributed by atoms with Crippen molar-refractivity contribution in [1.82, 2.24) is 30.4 Å². The lowest BCUT2D eigenvalue weighted by molar-refractivity contribution is -0.121. The van der Waals surface area contributed by atoms with Gasteiger partial charge in [-0.05, 0) is 60.5 Å². The number of benzene rings is 1. The average molecular weight is 327 g/mol. The normalized spacial score (nSPS) is 21.4. The van der Waals surface area contributed by atoms with E-state index in [4.69, 9.17) is 0 Å². The third kappa shape index (κ3) is 2.47. The fourth-order valence-electron chi connectivity index (χ4n) is 3.38. The van der Waals surface area contributed by atoms with Crippen LogP contribution in [0.2, 0.25) is 0 Å². The van der Waals surface area contributed by atoms with Crippen molar-refractivity contribution in [3.05, 3.63) is 29.1 Å². The van der Waals surface area contributed by atoms with Crippen molar-refractivity contribution in [2.75, 3.05) is 31.5 Å². The summed E-state index contributed by atoms with van der Waals surface area (Å²) in [6, 6.07) is 3.53. The summed E-state index contributed by atoms with van der Waals surface area (Å²) in [7, 11) is 0. The van der Waals surface area contributed by atoms with Crippen molar-refractivity contribution in [2.45, 2.75) is 26.3 Å². The van der Waals surface area contributed by atoms with Crippen LogP contribution in [-0.2, 0) is 4.79 Å². The Labute approximate surface area is 140 Å². The molecule has 8 nitrogen and oxygen atoms in total. The first-order valence-corrected chi connectivity index (χ1v) is 8.30. The van der Waals surface area contributed by atoms with E-state index in [0.717, 1.165) is 55.1 Å². The third-order valence-corrected chi connectivity index (χ3v) is 4.82. The number of amides is 1. The lowest BCUT2D eigenvalue weighted by Gasteiger charge is -2.26. The van der Waals surface area contributed by atoms with Crippen molar-refractivity contribution < 1.29 is 4.79 Å². The van der Waals surface area contributed by atoms with E-state index >= 15 is 0 Å². The number of hydrogen-bond donors (Lipinski definition) is 2. The minimum Gasteiger partial charge on any atom is -0.322 e. The maximum absolute atomic E-state index is 13.0. The standard InChI is InChI=1S/C16H21N7O/c1-10-8-12-13(9-11(10)2)23-15(19-20-21-23)14(16(24)18-12)22-6-3-4-17-5-7-22/h8-9,14,17H,3-7H2,1-2H3,(H,18,24). The molecule has 24 heavy (non-hydrogen) atoms. The van der Waals surface area contributed by atoms with Crippen LogP contribution >= 0.6 is 0 Å². The third-order valence-electron chi connectivity index (χ3n) is 4.82. The van der Waals surface area contributed by atoms with Gasteiger partial charge in [0.25, 0.3) is 0 Å². The topological polar surface area (TPSA) is 88.0 Å². The van der Waals surface area contributed by atoms with Crippen LogP contribution in [0, 0.1) is 13.8 Å². The van der Waals surface area contributed by atoms with Gasteiger partial charge in [0, 0.05) is 19.6 Å². The van der Waals surface area contributed by atoms with Crippen molar-refractivity contribution in [2.24, 2.45) is 0 Å². The highest BCUT2D eigenvalue weighted by atomic mass is 16.2. The summed E-state index contributed by atoms with van der Waals surface area (Å²) < 4.78 is 1.70. The average Bonchev–Trinajstić information content (AvgIpc) is 2.81. The second-order valence-corrected chi connectivity index (χ2v) is 6.43. The van der Waals surface area contributed by atoms with Crippen molar-refractivity contribution in [3.8, 4) is 5.69 Å². The van der Waals surface area contributed by atoms with Gasteiger partial charge in [0.2, 0.25) is 5.91 Å². The van der Waals surface area contributed by atoms with Gasteiger partial charge in [-0.25, -0.2) is 0 Å². The van der Waals surface area contributed by atoms with Gasteiger partial charge in [-0.1, -0.05) is 0 Å². The van der Waals surface area contributed by atoms with Gasteiger partial charge in [0.15, 0.2) is 11.9 Å². The molecule has 2 N–H and O–H groups in total. The molecule has 0 aliphatic carbocycles. The summed E-state index contributed by atoms with van der Waals surface area (Å²) in [4.78, 5) is 15.1. The van der Waals surface area contributed by atoms with Crippen LogP contribution < -0.4 is 10.6 Å². The van der Waals surface area contributed by atoms with Gasteiger partial charge in [-0.15, -0.1) is 5.10 Å². The molecule has 2 aromatic rings. The van der Waals surface area contributed by atoms with Crippen LogP contribution in [-0.4, -0.2) is 57.2 Å². The van der Waals surface area contributed by atoms with E-state index in [1.165, 1.54) is 0 Å². The predicted octanol–water partition coefficient (Wildman–Crippen LogP) is 0.568. The largest absolute Gasteiger partial charge is 0.322 e. The number of aromatic nitrogens is 4. The summed E-state index contributed by atoms with van der Waals surface area (Å²) in [5.41, 5.74) is 3.84. The molecular formula is C16H21N7O. The van der Waals surface area contributed by atoms with E-state index < -0.39 is 6.04 Å². The second-order valence-electron chi connectivity index (χ2n) is 6.43. The lowest BCUT2D eigenvalue weighted by atomic mass is 10.1. The maximum Gasteiger partial charge on any atom is 0.249 e. The number of tetrazole rings is 1. The number of nitrogens with one attached hydrogen (secondary N) is 2. The molecule has 0 saturated carbocycles. The Bertz CT molecular complexity index is 777. The number of carbonyl (C=O) groups is 1. The monoisotopic (exact) mass is 327 g/mol. The molecule has 1 aromatic carbocycles. The Kier molecular flexibility index (Phi) is 3.78. The first-order chi connectivity index (χ1) is 11.6. The summed E-state index contributed by atoms with van der Waals surface area (Å²) in [5.74, 6) is 0.506. The Morgan fingerprint density at radius 1 is 1.17 bits per heavy atom. The molecule has 0 radical (unpaired) electrons. The van der Waals surface area contributed by atoms with E-state index in [0.29, 0.717) is 5.82 Å². The smallest absolute Gasteiger partial charge is 0.249 e. The molecule has 2 aliphatic heterocycles. The number of anilines is 1. The molecule has 1 amide bonds. The molecule has 0 bridgehead atoms. The highest BCUT2D eigenvalue weighted by molar-refractivity contribution is 5.98. The Morgan fingerprint density at radius 2 is 2.00 bits per heavy atom. The SMILES string of the molecule is Cc1cc2c(cc1C)-n1nnnc1C(N1CCCNCC1)C(=O)N2. The fourth-order valence-corrected chi connectivity index (χ4v) is 3.38. The van der Waals surface area contributed by atoms with Crippen LogP contribution in [0.1, 0.15) is 29.4 Å². The van der Waals surface area contributed by atoms with Crippen LogP contribution in [0.5, 0.6) is 0 Å². The molecule has 2 aliphatic rings. The highest BCUT2D eigenvalue weighted by Crippen LogP contribution is 2.32. The van der Waals surface area contributed by atoms with Crippen LogP contribution in [0.3, 0.4) is 0 Å². The van der Waals surface area contributed by atoms with Crippen LogP contribution in [0.15, 0.2) is 12.1 Å². The zero-order valence-corrected chi connectivity index (χ0v) is 13.9. The van der Waals surface area contributed by atoms with Gasteiger partial charge in [-0.2, -0.15) is 4.68 Å². The fraction of sp³-hybridized carbons (Fsp3) is 0.500. The number of carbonyl (C=O) groups excluding carboxylic acids is 1. The summed E-state index contributed by atoms with van der Waals surface area (Å²) in [6.07, 6.45) is 0.997. The Hall–Kier alpha value is -2.32. The molecule has 1 saturated heterocycles. The maximum atomic E-state index is 13.0. The molecule has 8 heteroatoms. The molecule has 126 valence electrons. The van der Waals surface area contributed by atoms with E-state index in [1.54, 1.807) is 4.68 Å². The van der Waals surface area contributed by atoms with Gasteiger partial charge in [-0.3, -0.25) is 9.69 Å². The Morgan fingerprint density at radius 3 is 2.88 bits per heavy atom. The molecular weight excluding hydrogens is 306 g/mol. The van der Waals surface area contributed by atoms with Crippen LogP contribution in [0.25, 0.3) is 5.69 Å². The number of hydrogen-bond acceptors (Lipinski definition) is 6. The quantitative estimate of drug-likeness (QED) is 0.796. The van der Waals surface area contributed by atoms with E-state index in [1.807, 2.05) is 26.0 Å². The number of nitrogens with zero attached hydrogens (tertiary/aromatic N) is 5. The summed E-state index contributed by atoms with van der Waals surface area (Å²) in [6.45, 7) is 7.53. The first-order valence-electron chi connectivity index (χ1n) is 8.30. The number of rotatable bonds is 1. The summed E-state index contributed by atoms with van der Waals surface area (Å²) in [5, 5.41) is 18.6. The summed E-state index contributed by atoms with van der Waals surface area (Å²) >= 11 is 0. The van der Waals surface area contributed by atoms with Gasteiger partial charge in [0.1, 0.15) is 0 Å². The van der Waals surface area contributed by atoms with Crippen LogP contribution in [0.4, 0.5) is 5.69 Å². The minimum atomic E-state index is -0.479. The highest BCUT2D eigenvalue weighted by Gasteiger charge is 2.36. The number of aryl methyl sites for hydroxylation is 2. The van der Waals surface area contributed by atoms with Gasteiger partial charge in [0.05, 0.1) is 11.4 Å². The molecule has 3 heterocycles. The second kappa shape index (κ2) is 5.95. The van der Waals surface area contributed by atoms with Crippen molar-refractivity contribution in [3.63, 3.8) is 0 Å². The molecule has 1 atom stereocenters. The molecule has 1 unspecified atom stereocenters. The minimum absolute atomic E-state index is 0.0741. The zero-order chi connectivity index (χ0) is 16.7. The van der Waals surface area contributed by atoms with E-state index in [2.05, 4.69) is 31.1 Å². The Balaban J connectivity index is 1.82. The molecule has 4 rings (SSSR count). The van der Waals surface area contributed by atoms with E-state index in [9.17, 15) is 4.79 Å². The molecule has 1 aromatic heterocycles. The predicted molar refractivity (Wildman–Crippen MR) is 89.1 cm³/mol. The number of fused-ring (bicyclic) bond motifs is 3. The van der Waals surface area contributed by atoms with Gasteiger partial charge >= 0.3 is 0 Å². The molecule has 0 spiro atoms. The zero-order valence-electron chi connectivity index (χ0n) is 13.9. The molecule has 1 fully saturated rings. The van der Waals surface area contributed by atoms with E-state index in [-0.39, 0.29) is 5.91 Å². The van der Waals surface area contributed by atoms with Crippen molar-refractivity contribution >= 4 is 11.6 Å².